The Morgan fingerprint density at radius 2 is 1.88 bits per heavy atom. The monoisotopic (exact) mass is 477 g/mol. The lowest BCUT2D eigenvalue weighted by molar-refractivity contribution is -0.159. The van der Waals surface area contributed by atoms with E-state index in [0.29, 0.717) is 31.7 Å². The Hall–Kier alpha value is -2.65. The second-order valence-corrected chi connectivity index (χ2v) is 8.93. The molecule has 1 aromatic rings. The molecule has 0 spiro atoms. The van der Waals surface area contributed by atoms with Gasteiger partial charge < -0.3 is 30.2 Å². The van der Waals surface area contributed by atoms with Crippen molar-refractivity contribution in [2.75, 3.05) is 27.4 Å². The van der Waals surface area contributed by atoms with E-state index >= 15 is 0 Å². The zero-order valence-electron chi connectivity index (χ0n) is 21.0. The van der Waals surface area contributed by atoms with E-state index in [2.05, 4.69) is 12.2 Å². The van der Waals surface area contributed by atoms with Crippen LogP contribution in [-0.2, 0) is 30.3 Å². The molecule has 0 bridgehead atoms. The van der Waals surface area contributed by atoms with E-state index in [0.717, 1.165) is 18.4 Å². The number of carbonyl (C=O) groups excluding carboxylic acids is 3. The van der Waals surface area contributed by atoms with Gasteiger partial charge in [-0.15, -0.1) is 0 Å². The molecule has 0 unspecified atom stereocenters. The number of likely N-dealkylation sites (tertiary alicyclic amines) is 1. The molecule has 0 saturated carbocycles. The molecule has 0 aliphatic carbocycles. The maximum Gasteiger partial charge on any atom is 0.331 e. The van der Waals surface area contributed by atoms with Gasteiger partial charge in [-0.3, -0.25) is 9.59 Å². The first-order valence-electron chi connectivity index (χ1n) is 11.9. The van der Waals surface area contributed by atoms with Crippen LogP contribution in [0.15, 0.2) is 24.3 Å². The molecule has 1 aliphatic heterocycles. The van der Waals surface area contributed by atoms with E-state index < -0.39 is 35.6 Å². The summed E-state index contributed by atoms with van der Waals surface area (Å²) in [6.07, 6.45) is 2.74. The summed E-state index contributed by atoms with van der Waals surface area (Å²) in [5, 5.41) is 2.82. The minimum atomic E-state index is -1.08. The number of nitrogens with one attached hydrogen (secondary N) is 1. The first kappa shape index (κ1) is 27.6. The summed E-state index contributed by atoms with van der Waals surface area (Å²) in [5.74, 6) is -0.604. The largest absolute Gasteiger partial charge is 0.497 e. The van der Waals surface area contributed by atoms with Gasteiger partial charge in [-0.05, 0) is 50.8 Å². The van der Waals surface area contributed by atoms with Gasteiger partial charge in [-0.1, -0.05) is 25.5 Å². The van der Waals surface area contributed by atoms with Gasteiger partial charge in [0.05, 0.1) is 20.3 Å². The smallest absolute Gasteiger partial charge is 0.331 e. The summed E-state index contributed by atoms with van der Waals surface area (Å²) in [5.41, 5.74) is 5.90. The highest BCUT2D eigenvalue weighted by Crippen LogP contribution is 2.31. The third-order valence-electron chi connectivity index (χ3n) is 6.43. The van der Waals surface area contributed by atoms with Gasteiger partial charge in [-0.25, -0.2) is 4.79 Å². The van der Waals surface area contributed by atoms with Crippen molar-refractivity contribution in [2.45, 2.75) is 76.6 Å². The molecule has 4 atom stereocenters. The van der Waals surface area contributed by atoms with E-state index in [-0.39, 0.29) is 12.3 Å². The highest BCUT2D eigenvalue weighted by Gasteiger charge is 2.48. The number of amides is 2. The lowest BCUT2D eigenvalue weighted by Gasteiger charge is -2.35. The normalized spacial score (nSPS) is 20.4. The second-order valence-electron chi connectivity index (χ2n) is 8.93. The zero-order chi connectivity index (χ0) is 25.3. The van der Waals surface area contributed by atoms with Gasteiger partial charge in [0.2, 0.25) is 11.8 Å². The van der Waals surface area contributed by atoms with Crippen molar-refractivity contribution >= 4 is 17.8 Å². The Labute approximate surface area is 202 Å². The number of hydrogen-bond acceptors (Lipinski definition) is 7. The molecule has 34 heavy (non-hydrogen) atoms. The molecule has 9 heteroatoms. The van der Waals surface area contributed by atoms with Crippen molar-refractivity contribution in [3.05, 3.63) is 29.8 Å². The molecule has 1 fully saturated rings. The molecule has 1 aliphatic rings. The van der Waals surface area contributed by atoms with Crippen LogP contribution in [0.5, 0.6) is 5.75 Å². The molecule has 2 rings (SSSR count). The van der Waals surface area contributed by atoms with Crippen molar-refractivity contribution in [3.63, 3.8) is 0 Å². The summed E-state index contributed by atoms with van der Waals surface area (Å²) < 4.78 is 15.8. The van der Waals surface area contributed by atoms with Gasteiger partial charge in [0.25, 0.3) is 0 Å². The fourth-order valence-electron chi connectivity index (χ4n) is 4.13. The number of unbranched alkanes of at least 4 members (excludes halogenated alkanes) is 1. The fourth-order valence-corrected chi connectivity index (χ4v) is 4.13. The molecule has 1 aromatic carbocycles. The van der Waals surface area contributed by atoms with Crippen LogP contribution in [0.1, 0.15) is 52.0 Å². The van der Waals surface area contributed by atoms with Crippen molar-refractivity contribution in [2.24, 2.45) is 5.73 Å². The number of carbonyl (C=O) groups is 3. The van der Waals surface area contributed by atoms with Crippen LogP contribution in [-0.4, -0.2) is 73.8 Å². The van der Waals surface area contributed by atoms with Crippen LogP contribution < -0.4 is 15.8 Å². The topological polar surface area (TPSA) is 120 Å². The molecule has 3 N–H and O–H groups in total. The van der Waals surface area contributed by atoms with Crippen LogP contribution in [0.2, 0.25) is 0 Å². The number of nitrogens with zero attached hydrogens (tertiary/aromatic N) is 1. The van der Waals surface area contributed by atoms with Crippen LogP contribution >= 0.6 is 0 Å². The molecule has 1 heterocycles. The lowest BCUT2D eigenvalue weighted by Crippen LogP contribution is -2.60. The number of rotatable bonds is 12. The van der Waals surface area contributed by atoms with Crippen LogP contribution in [0.4, 0.5) is 0 Å². The van der Waals surface area contributed by atoms with Crippen LogP contribution in [0, 0.1) is 0 Å². The van der Waals surface area contributed by atoms with Crippen LogP contribution in [0.25, 0.3) is 0 Å². The fraction of sp³-hybridized carbons (Fsp3) is 0.640. The minimum Gasteiger partial charge on any atom is -0.497 e. The first-order valence-corrected chi connectivity index (χ1v) is 11.9. The molecule has 9 nitrogen and oxygen atoms in total. The Kier molecular flexibility index (Phi) is 10.3. The van der Waals surface area contributed by atoms with E-state index in [1.54, 1.807) is 33.1 Å². The average molecular weight is 478 g/mol. The number of methoxy groups -OCH3 is 2. The van der Waals surface area contributed by atoms with E-state index in [1.807, 2.05) is 12.1 Å². The number of benzene rings is 1. The average Bonchev–Trinajstić information content (AvgIpc) is 3.25. The quantitative estimate of drug-likeness (QED) is 0.348. The maximum atomic E-state index is 13.7. The van der Waals surface area contributed by atoms with Crippen molar-refractivity contribution < 1.29 is 28.6 Å². The number of nitrogens with two attached hydrogens (primary N) is 1. The molecule has 2 amide bonds. The van der Waals surface area contributed by atoms with E-state index in [4.69, 9.17) is 19.9 Å². The summed E-state index contributed by atoms with van der Waals surface area (Å²) in [6.45, 7) is 6.41. The minimum absolute atomic E-state index is 0.236. The molecule has 1 saturated heterocycles. The number of hydrogen-bond donors (Lipinski definition) is 2. The summed E-state index contributed by atoms with van der Waals surface area (Å²) in [6, 6.07) is 5.42. The second kappa shape index (κ2) is 12.7. The Morgan fingerprint density at radius 1 is 1.21 bits per heavy atom. The summed E-state index contributed by atoms with van der Waals surface area (Å²) in [4.78, 5) is 40.7. The first-order chi connectivity index (χ1) is 16.2. The Morgan fingerprint density at radius 3 is 2.47 bits per heavy atom. The van der Waals surface area contributed by atoms with Crippen LogP contribution in [0.3, 0.4) is 0 Å². The van der Waals surface area contributed by atoms with E-state index in [1.165, 1.54) is 12.0 Å². The van der Waals surface area contributed by atoms with Crippen molar-refractivity contribution in [1.29, 1.82) is 0 Å². The SMILES string of the molecule is CCCCO[C@H](C)[C@H](N)C(=O)N[C@@H](Cc1ccc(OC)cc1)C(=O)N1CCC[C@@]1(C)C(=O)OC. The molecular weight excluding hydrogens is 438 g/mol. The summed E-state index contributed by atoms with van der Waals surface area (Å²) in [7, 11) is 2.89. The molecule has 0 radical (unpaired) electrons. The third-order valence-corrected chi connectivity index (χ3v) is 6.43. The Balaban J connectivity index is 2.23. The predicted molar refractivity (Wildman–Crippen MR) is 128 cm³/mol. The van der Waals surface area contributed by atoms with Crippen molar-refractivity contribution in [1.82, 2.24) is 10.2 Å². The standard InChI is InChI=1S/C25H39N3O6/c1-6-7-15-34-17(2)21(26)22(29)27-20(16-18-9-11-19(32-4)12-10-18)23(30)28-14-8-13-25(28,3)24(31)33-5/h9-12,17,20-21H,6-8,13-16,26H2,1-5H3,(H,27,29)/t17-,20+,21+,25+/m1/s1. The number of esters is 1. The van der Waals surface area contributed by atoms with E-state index in [9.17, 15) is 14.4 Å². The zero-order valence-corrected chi connectivity index (χ0v) is 21.0. The van der Waals surface area contributed by atoms with Crippen molar-refractivity contribution in [3.8, 4) is 5.75 Å². The maximum absolute atomic E-state index is 13.7. The van der Waals surface area contributed by atoms with Gasteiger partial charge in [0, 0.05) is 19.6 Å². The summed E-state index contributed by atoms with van der Waals surface area (Å²) >= 11 is 0. The predicted octanol–water partition coefficient (Wildman–Crippen LogP) is 1.81. The van der Waals surface area contributed by atoms with Gasteiger partial charge in [0.1, 0.15) is 23.4 Å². The third kappa shape index (κ3) is 6.70. The highest BCUT2D eigenvalue weighted by molar-refractivity contribution is 5.94. The Bertz CT molecular complexity index is 830. The van der Waals surface area contributed by atoms with Gasteiger partial charge in [0.15, 0.2) is 0 Å². The number of ether oxygens (including phenoxy) is 3. The lowest BCUT2D eigenvalue weighted by atomic mass is 9.97. The molecule has 190 valence electrons. The van der Waals surface area contributed by atoms with Gasteiger partial charge in [-0.2, -0.15) is 0 Å². The molecule has 0 aromatic heterocycles. The highest BCUT2D eigenvalue weighted by atomic mass is 16.5. The van der Waals surface area contributed by atoms with Gasteiger partial charge >= 0.3 is 5.97 Å². The molecular formula is C25H39N3O6.